The van der Waals surface area contributed by atoms with Gasteiger partial charge in [0, 0.05) is 12.6 Å². The van der Waals surface area contributed by atoms with Gasteiger partial charge in [0.1, 0.15) is 0 Å². The molecule has 8 N–H and O–H groups in total. The van der Waals surface area contributed by atoms with Crippen LogP contribution in [-0.2, 0) is 7.05 Å². The average molecular weight is 402 g/mol. The summed E-state index contributed by atoms with van der Waals surface area (Å²) in [5.41, 5.74) is 26.6. The number of aromatic nitrogens is 2. The largest absolute Gasteiger partial charge is 0.369 e. The van der Waals surface area contributed by atoms with Crippen molar-refractivity contribution in [3.63, 3.8) is 0 Å². The van der Waals surface area contributed by atoms with Crippen LogP contribution in [0.3, 0.4) is 0 Å². The van der Waals surface area contributed by atoms with Crippen molar-refractivity contribution in [2.75, 3.05) is 0 Å². The first-order valence-corrected chi connectivity index (χ1v) is 8.91. The van der Waals surface area contributed by atoms with E-state index in [1.165, 1.54) is 0 Å². The highest BCUT2D eigenvalue weighted by molar-refractivity contribution is 5.83. The molecular formula is C20H22N10. The van der Waals surface area contributed by atoms with Gasteiger partial charge >= 0.3 is 0 Å². The molecule has 0 saturated carbocycles. The number of hydrogen-bond donors (Lipinski definition) is 4. The SMILES string of the molecule is Cn1nc(-c2ccc(/C=N/N=C(N)N)cc2)cc1-c1ccc(/C=N/N=C(N)N)cc1. The maximum absolute atomic E-state index is 5.25. The monoisotopic (exact) mass is 402 g/mol. The standard InChI is InChI=1S/C20H22N10/c1-30-18(16-8-4-14(5-9-16)12-26-28-20(23)24)10-17(29-30)15-6-2-13(3-7-15)11-25-27-19(21)22/h2-12H,1H3,(H4,21,22,27)(H4,23,24,28)/b25-11+,26-12+. The van der Waals surface area contributed by atoms with Crippen molar-refractivity contribution in [2.45, 2.75) is 0 Å². The van der Waals surface area contributed by atoms with Gasteiger partial charge in [-0.05, 0) is 22.8 Å². The minimum atomic E-state index is -0.0852. The van der Waals surface area contributed by atoms with Crippen molar-refractivity contribution in [3.05, 3.63) is 65.7 Å². The van der Waals surface area contributed by atoms with Crippen LogP contribution in [0.1, 0.15) is 11.1 Å². The molecule has 0 unspecified atom stereocenters. The summed E-state index contributed by atoms with van der Waals surface area (Å²) in [6, 6.07) is 17.6. The lowest BCUT2D eigenvalue weighted by Gasteiger charge is -2.01. The van der Waals surface area contributed by atoms with E-state index in [0.29, 0.717) is 0 Å². The zero-order valence-electron chi connectivity index (χ0n) is 16.3. The van der Waals surface area contributed by atoms with Gasteiger partial charge in [-0.15, -0.1) is 10.2 Å². The molecule has 0 bridgehead atoms. The first-order valence-electron chi connectivity index (χ1n) is 8.91. The first kappa shape index (κ1) is 20.3. The summed E-state index contributed by atoms with van der Waals surface area (Å²) in [6.45, 7) is 0. The van der Waals surface area contributed by atoms with E-state index < -0.39 is 0 Å². The van der Waals surface area contributed by atoms with Crippen molar-refractivity contribution < 1.29 is 0 Å². The Hall–Kier alpha value is -4.47. The number of guanidine groups is 2. The fourth-order valence-corrected chi connectivity index (χ4v) is 2.68. The Morgan fingerprint density at radius 3 is 1.70 bits per heavy atom. The minimum absolute atomic E-state index is 0.0839. The Kier molecular flexibility index (Phi) is 6.18. The predicted molar refractivity (Wildman–Crippen MR) is 121 cm³/mol. The number of benzene rings is 2. The van der Waals surface area contributed by atoms with Gasteiger partial charge in [0.15, 0.2) is 0 Å². The first-order chi connectivity index (χ1) is 14.4. The Morgan fingerprint density at radius 2 is 1.23 bits per heavy atom. The quantitative estimate of drug-likeness (QED) is 0.273. The van der Waals surface area contributed by atoms with Crippen molar-refractivity contribution in [3.8, 4) is 22.5 Å². The lowest BCUT2D eigenvalue weighted by atomic mass is 10.1. The Morgan fingerprint density at radius 1 is 0.767 bits per heavy atom. The van der Waals surface area contributed by atoms with Gasteiger partial charge in [0.2, 0.25) is 11.9 Å². The normalized spacial score (nSPS) is 11.1. The van der Waals surface area contributed by atoms with Crippen molar-refractivity contribution in [1.29, 1.82) is 0 Å². The molecule has 0 amide bonds. The fraction of sp³-hybridized carbons (Fsp3) is 0.0500. The third kappa shape index (κ3) is 5.29. The van der Waals surface area contributed by atoms with E-state index in [9.17, 15) is 0 Å². The zero-order valence-corrected chi connectivity index (χ0v) is 16.3. The van der Waals surface area contributed by atoms with Crippen LogP contribution in [0.4, 0.5) is 0 Å². The number of nitrogens with zero attached hydrogens (tertiary/aromatic N) is 6. The van der Waals surface area contributed by atoms with Crippen molar-refractivity contribution in [1.82, 2.24) is 9.78 Å². The van der Waals surface area contributed by atoms with Gasteiger partial charge in [-0.1, -0.05) is 48.5 Å². The molecule has 0 radical (unpaired) electrons. The topological polar surface area (TPSA) is 171 Å². The highest BCUT2D eigenvalue weighted by Crippen LogP contribution is 2.26. The Balaban J connectivity index is 1.78. The second-order valence-corrected chi connectivity index (χ2v) is 6.32. The van der Waals surface area contributed by atoms with Gasteiger partial charge in [-0.3, -0.25) is 4.68 Å². The summed E-state index contributed by atoms with van der Waals surface area (Å²) in [6.07, 6.45) is 3.15. The van der Waals surface area contributed by atoms with Crippen LogP contribution in [0.25, 0.3) is 22.5 Å². The summed E-state index contributed by atoms with van der Waals surface area (Å²) >= 11 is 0. The second kappa shape index (κ2) is 9.15. The maximum Gasteiger partial charge on any atom is 0.211 e. The molecule has 152 valence electrons. The molecule has 0 spiro atoms. The molecule has 0 atom stereocenters. The van der Waals surface area contributed by atoms with Crippen LogP contribution < -0.4 is 22.9 Å². The van der Waals surface area contributed by atoms with Crippen molar-refractivity contribution in [2.24, 2.45) is 50.4 Å². The van der Waals surface area contributed by atoms with Gasteiger partial charge in [0.25, 0.3) is 0 Å². The van der Waals surface area contributed by atoms with E-state index in [1.54, 1.807) is 12.4 Å². The summed E-state index contributed by atoms with van der Waals surface area (Å²) in [7, 11) is 1.91. The molecule has 0 aliphatic rings. The molecule has 10 nitrogen and oxygen atoms in total. The lowest BCUT2D eigenvalue weighted by Crippen LogP contribution is -2.21. The molecule has 0 aliphatic heterocycles. The Bertz CT molecular complexity index is 1110. The lowest BCUT2D eigenvalue weighted by molar-refractivity contribution is 0.779. The molecule has 1 heterocycles. The number of hydrogen-bond acceptors (Lipinski definition) is 5. The molecule has 1 aromatic heterocycles. The molecule has 2 aromatic carbocycles. The van der Waals surface area contributed by atoms with E-state index in [0.717, 1.165) is 33.6 Å². The van der Waals surface area contributed by atoms with E-state index in [4.69, 9.17) is 22.9 Å². The number of aryl methyl sites for hydroxylation is 1. The van der Waals surface area contributed by atoms with E-state index in [1.807, 2.05) is 66.3 Å². The molecule has 30 heavy (non-hydrogen) atoms. The molecule has 0 fully saturated rings. The molecule has 3 aromatic rings. The highest BCUT2D eigenvalue weighted by atomic mass is 15.3. The molecule has 0 saturated heterocycles. The van der Waals surface area contributed by atoms with E-state index >= 15 is 0 Å². The van der Waals surface area contributed by atoms with Crippen LogP contribution in [0.15, 0.2) is 75.0 Å². The molecule has 3 rings (SSSR count). The van der Waals surface area contributed by atoms with Crippen LogP contribution >= 0.6 is 0 Å². The summed E-state index contributed by atoms with van der Waals surface area (Å²) in [4.78, 5) is 0. The maximum atomic E-state index is 5.25. The third-order valence-electron chi connectivity index (χ3n) is 4.05. The third-order valence-corrected chi connectivity index (χ3v) is 4.05. The summed E-state index contributed by atoms with van der Waals surface area (Å²) in [5, 5.41) is 19.4. The van der Waals surface area contributed by atoms with Gasteiger partial charge in [-0.2, -0.15) is 15.3 Å². The van der Waals surface area contributed by atoms with Crippen LogP contribution in [0.2, 0.25) is 0 Å². The summed E-state index contributed by atoms with van der Waals surface area (Å²) in [5.74, 6) is -0.169. The molecule has 0 aliphatic carbocycles. The smallest absolute Gasteiger partial charge is 0.211 e. The van der Waals surface area contributed by atoms with Gasteiger partial charge in [0.05, 0.1) is 23.8 Å². The second-order valence-electron chi connectivity index (χ2n) is 6.32. The van der Waals surface area contributed by atoms with Crippen molar-refractivity contribution >= 4 is 24.3 Å². The molecule has 10 heteroatoms. The fourth-order valence-electron chi connectivity index (χ4n) is 2.68. The predicted octanol–water partition coefficient (Wildman–Crippen LogP) is 0.969. The minimum Gasteiger partial charge on any atom is -0.369 e. The number of rotatable bonds is 6. The van der Waals surface area contributed by atoms with Crippen LogP contribution in [0, 0.1) is 0 Å². The average Bonchev–Trinajstić information content (AvgIpc) is 3.10. The zero-order chi connectivity index (χ0) is 21.5. The molecular weight excluding hydrogens is 380 g/mol. The van der Waals surface area contributed by atoms with E-state index in [2.05, 4.69) is 25.5 Å². The number of nitrogens with two attached hydrogens (primary N) is 4. The Labute approximate surface area is 173 Å². The van der Waals surface area contributed by atoms with Gasteiger partial charge < -0.3 is 22.9 Å². The summed E-state index contributed by atoms with van der Waals surface area (Å²) < 4.78 is 1.84. The van der Waals surface area contributed by atoms with Gasteiger partial charge in [-0.25, -0.2) is 0 Å². The highest BCUT2D eigenvalue weighted by Gasteiger charge is 2.09. The van der Waals surface area contributed by atoms with Crippen LogP contribution in [-0.4, -0.2) is 34.1 Å². The van der Waals surface area contributed by atoms with E-state index in [-0.39, 0.29) is 11.9 Å². The van der Waals surface area contributed by atoms with Crippen LogP contribution in [0.5, 0.6) is 0 Å².